The molecule has 1 fully saturated rings. The van der Waals surface area contributed by atoms with Crippen LogP contribution in [0, 0.1) is 0 Å². The molecule has 0 spiro atoms. The summed E-state index contributed by atoms with van der Waals surface area (Å²) >= 11 is 1.56. The summed E-state index contributed by atoms with van der Waals surface area (Å²) in [6.07, 6.45) is 4.12. The molecule has 0 aliphatic carbocycles. The van der Waals surface area contributed by atoms with Gasteiger partial charge >= 0.3 is 0 Å². The van der Waals surface area contributed by atoms with Crippen LogP contribution in [0.15, 0.2) is 30.5 Å². The zero-order chi connectivity index (χ0) is 15.4. The summed E-state index contributed by atoms with van der Waals surface area (Å²) < 4.78 is 5.46. The molecule has 5 nitrogen and oxygen atoms in total. The second kappa shape index (κ2) is 8.38. The van der Waals surface area contributed by atoms with Gasteiger partial charge in [-0.25, -0.2) is 4.98 Å². The van der Waals surface area contributed by atoms with Crippen LogP contribution in [-0.2, 0) is 6.54 Å². The van der Waals surface area contributed by atoms with Crippen LogP contribution < -0.4 is 20.7 Å². The number of benzene rings is 1. The predicted molar refractivity (Wildman–Crippen MR) is 98.8 cm³/mol. The fourth-order valence-electron chi connectivity index (χ4n) is 2.86. The van der Waals surface area contributed by atoms with Crippen LogP contribution >= 0.6 is 23.7 Å². The molecule has 0 bridgehead atoms. The van der Waals surface area contributed by atoms with Crippen LogP contribution in [0.25, 0.3) is 0 Å². The molecule has 1 aromatic carbocycles. The van der Waals surface area contributed by atoms with E-state index in [1.165, 1.54) is 10.6 Å². The summed E-state index contributed by atoms with van der Waals surface area (Å²) in [5, 5.41) is 4.25. The van der Waals surface area contributed by atoms with E-state index in [4.69, 9.17) is 10.5 Å². The van der Waals surface area contributed by atoms with Gasteiger partial charge in [0.1, 0.15) is 5.75 Å². The molecular formula is C16H23ClN4OS. The molecule has 0 atom stereocenters. The lowest BCUT2D eigenvalue weighted by atomic mass is 10.0. The minimum Gasteiger partial charge on any atom is -0.495 e. The topological polar surface area (TPSA) is 63.4 Å². The van der Waals surface area contributed by atoms with Crippen molar-refractivity contribution in [2.24, 2.45) is 0 Å². The van der Waals surface area contributed by atoms with Crippen molar-refractivity contribution in [1.29, 1.82) is 0 Å². The number of ether oxygens (including phenoxy) is 1. The number of rotatable bonds is 5. The van der Waals surface area contributed by atoms with E-state index in [1.54, 1.807) is 18.4 Å². The molecule has 23 heavy (non-hydrogen) atoms. The van der Waals surface area contributed by atoms with Crippen molar-refractivity contribution in [3.8, 4) is 5.75 Å². The average molecular weight is 355 g/mol. The normalized spacial score (nSPS) is 15.3. The molecule has 2 heterocycles. The van der Waals surface area contributed by atoms with Crippen LogP contribution in [0.4, 0.5) is 10.8 Å². The van der Waals surface area contributed by atoms with Crippen LogP contribution in [0.3, 0.4) is 0 Å². The Hall–Kier alpha value is -1.50. The van der Waals surface area contributed by atoms with Crippen molar-refractivity contribution in [3.63, 3.8) is 0 Å². The van der Waals surface area contributed by atoms with Crippen molar-refractivity contribution in [2.75, 3.05) is 30.8 Å². The number of aromatic nitrogens is 1. The fraction of sp³-hybridized carbons (Fsp3) is 0.438. The van der Waals surface area contributed by atoms with Crippen molar-refractivity contribution in [3.05, 3.63) is 35.3 Å². The SMILES string of the molecule is COc1ccccc1N1CCC(NCc2cnc(N)s2)CC1.Cl. The molecule has 126 valence electrons. The van der Waals surface area contributed by atoms with Gasteiger partial charge in [-0.2, -0.15) is 0 Å². The molecule has 3 rings (SSSR count). The van der Waals surface area contributed by atoms with Crippen molar-refractivity contribution >= 4 is 34.6 Å². The number of hydrogen-bond donors (Lipinski definition) is 2. The Morgan fingerprint density at radius 3 is 2.74 bits per heavy atom. The van der Waals surface area contributed by atoms with Gasteiger partial charge in [0.05, 0.1) is 12.8 Å². The van der Waals surface area contributed by atoms with E-state index in [9.17, 15) is 0 Å². The minimum absolute atomic E-state index is 0. The monoisotopic (exact) mass is 354 g/mol. The van der Waals surface area contributed by atoms with Gasteiger partial charge < -0.3 is 20.7 Å². The molecule has 0 saturated carbocycles. The molecule has 0 radical (unpaired) electrons. The first-order chi connectivity index (χ1) is 10.8. The molecule has 1 aliphatic heterocycles. The highest BCUT2D eigenvalue weighted by Gasteiger charge is 2.21. The number of halogens is 1. The highest BCUT2D eigenvalue weighted by Crippen LogP contribution is 2.29. The molecule has 0 unspecified atom stereocenters. The summed E-state index contributed by atoms with van der Waals surface area (Å²) in [4.78, 5) is 7.69. The zero-order valence-corrected chi connectivity index (χ0v) is 14.8. The molecule has 2 aromatic rings. The number of nitrogens with zero attached hydrogens (tertiary/aromatic N) is 2. The number of para-hydroxylation sites is 2. The van der Waals surface area contributed by atoms with E-state index in [-0.39, 0.29) is 12.4 Å². The summed E-state index contributed by atoms with van der Waals surface area (Å²) in [7, 11) is 1.73. The van der Waals surface area contributed by atoms with Crippen LogP contribution in [-0.4, -0.2) is 31.2 Å². The highest BCUT2D eigenvalue weighted by atomic mass is 35.5. The summed E-state index contributed by atoms with van der Waals surface area (Å²) in [5.41, 5.74) is 6.85. The third-order valence-electron chi connectivity index (χ3n) is 4.06. The predicted octanol–water partition coefficient (Wildman–Crippen LogP) is 2.91. The first-order valence-electron chi connectivity index (χ1n) is 7.58. The Bertz CT molecular complexity index is 614. The Balaban J connectivity index is 0.00000192. The standard InChI is InChI=1S/C16H22N4OS.ClH/c1-21-15-5-3-2-4-14(15)20-8-6-12(7-9-20)18-10-13-11-19-16(17)22-13;/h2-5,11-12,18H,6-10H2,1H3,(H2,17,19);1H. The summed E-state index contributed by atoms with van der Waals surface area (Å²) in [6.45, 7) is 2.94. The molecule has 1 saturated heterocycles. The van der Waals surface area contributed by atoms with E-state index < -0.39 is 0 Å². The number of anilines is 2. The zero-order valence-electron chi connectivity index (χ0n) is 13.2. The lowest BCUT2D eigenvalue weighted by Crippen LogP contribution is -2.42. The van der Waals surface area contributed by atoms with Gasteiger partial charge in [-0.3, -0.25) is 0 Å². The average Bonchev–Trinajstić information content (AvgIpc) is 2.99. The molecule has 0 amide bonds. The van der Waals surface area contributed by atoms with Gasteiger partial charge in [-0.05, 0) is 25.0 Å². The Morgan fingerprint density at radius 1 is 1.35 bits per heavy atom. The maximum Gasteiger partial charge on any atom is 0.180 e. The molecule has 3 N–H and O–H groups in total. The number of nitrogen functional groups attached to an aromatic ring is 1. The van der Waals surface area contributed by atoms with Gasteiger partial charge in [-0.15, -0.1) is 23.7 Å². The molecular weight excluding hydrogens is 332 g/mol. The fourth-order valence-corrected chi connectivity index (χ4v) is 3.50. The van der Waals surface area contributed by atoms with E-state index in [0.717, 1.165) is 38.2 Å². The molecule has 1 aromatic heterocycles. The highest BCUT2D eigenvalue weighted by molar-refractivity contribution is 7.15. The van der Waals surface area contributed by atoms with Gasteiger partial charge in [0, 0.05) is 36.8 Å². The smallest absolute Gasteiger partial charge is 0.180 e. The quantitative estimate of drug-likeness (QED) is 0.864. The second-order valence-corrected chi connectivity index (χ2v) is 6.63. The maximum absolute atomic E-state index is 5.66. The van der Waals surface area contributed by atoms with Crippen LogP contribution in [0.2, 0.25) is 0 Å². The van der Waals surface area contributed by atoms with E-state index in [2.05, 4.69) is 27.3 Å². The Labute approximate surface area is 147 Å². The number of methoxy groups -OCH3 is 1. The third-order valence-corrected chi connectivity index (χ3v) is 4.88. The summed E-state index contributed by atoms with van der Waals surface area (Å²) in [5.74, 6) is 0.953. The van der Waals surface area contributed by atoms with Crippen molar-refractivity contribution < 1.29 is 4.74 Å². The third kappa shape index (κ3) is 4.50. The largest absolute Gasteiger partial charge is 0.495 e. The first kappa shape index (κ1) is 17.8. The number of thiazole rings is 1. The van der Waals surface area contributed by atoms with Crippen molar-refractivity contribution in [1.82, 2.24) is 10.3 Å². The van der Waals surface area contributed by atoms with E-state index in [1.807, 2.05) is 18.3 Å². The van der Waals surface area contributed by atoms with Crippen LogP contribution in [0.5, 0.6) is 5.75 Å². The summed E-state index contributed by atoms with van der Waals surface area (Å²) in [6, 6.07) is 8.78. The van der Waals surface area contributed by atoms with Gasteiger partial charge in [0.15, 0.2) is 5.13 Å². The first-order valence-corrected chi connectivity index (χ1v) is 8.39. The molecule has 1 aliphatic rings. The van der Waals surface area contributed by atoms with Gasteiger partial charge in [-0.1, -0.05) is 12.1 Å². The van der Waals surface area contributed by atoms with E-state index in [0.29, 0.717) is 11.2 Å². The number of hydrogen-bond acceptors (Lipinski definition) is 6. The van der Waals surface area contributed by atoms with Gasteiger partial charge in [0.2, 0.25) is 0 Å². The minimum atomic E-state index is 0. The number of nitrogens with two attached hydrogens (primary N) is 1. The lowest BCUT2D eigenvalue weighted by Gasteiger charge is -2.34. The molecule has 7 heteroatoms. The lowest BCUT2D eigenvalue weighted by molar-refractivity contribution is 0.398. The van der Waals surface area contributed by atoms with E-state index >= 15 is 0 Å². The van der Waals surface area contributed by atoms with Crippen molar-refractivity contribution in [2.45, 2.75) is 25.4 Å². The second-order valence-electron chi connectivity index (χ2n) is 5.48. The number of piperidine rings is 1. The number of nitrogens with one attached hydrogen (secondary N) is 1. The maximum atomic E-state index is 5.66. The Kier molecular flexibility index (Phi) is 6.50. The van der Waals surface area contributed by atoms with Crippen LogP contribution in [0.1, 0.15) is 17.7 Å². The van der Waals surface area contributed by atoms with Gasteiger partial charge in [0.25, 0.3) is 0 Å². The Morgan fingerprint density at radius 2 is 2.09 bits per heavy atom.